The van der Waals surface area contributed by atoms with Crippen molar-refractivity contribution in [3.8, 4) is 0 Å². The molecule has 6 heteroatoms. The highest BCUT2D eigenvalue weighted by atomic mass is 35.5. The van der Waals surface area contributed by atoms with Gasteiger partial charge in [-0.15, -0.1) is 0 Å². The van der Waals surface area contributed by atoms with Crippen LogP contribution in [-0.4, -0.2) is 28.1 Å². The summed E-state index contributed by atoms with van der Waals surface area (Å²) in [5.74, 6) is -0.210. The summed E-state index contributed by atoms with van der Waals surface area (Å²) >= 11 is 6.25. The quantitative estimate of drug-likeness (QED) is 0.799. The Morgan fingerprint density at radius 2 is 2.10 bits per heavy atom. The summed E-state index contributed by atoms with van der Waals surface area (Å²) < 4.78 is 6.64. The van der Waals surface area contributed by atoms with Gasteiger partial charge in [0.2, 0.25) is 0 Å². The number of carbonyl (C=O) groups is 2. The summed E-state index contributed by atoms with van der Waals surface area (Å²) in [5.41, 5.74) is 0.0681. The second-order valence-electron chi connectivity index (χ2n) is 5.86. The number of ketones is 1. The van der Waals surface area contributed by atoms with Crippen LogP contribution in [-0.2, 0) is 9.53 Å². The fourth-order valence-corrected chi connectivity index (χ4v) is 3.09. The van der Waals surface area contributed by atoms with E-state index in [2.05, 4.69) is 5.10 Å². The molecule has 0 N–H and O–H groups in total. The van der Waals surface area contributed by atoms with Gasteiger partial charge in [-0.05, 0) is 39.5 Å². The number of nitrogens with zero attached hydrogens (tertiary/aromatic N) is 2. The Labute approximate surface area is 129 Å². The first-order valence-electron chi connectivity index (χ1n) is 7.30. The summed E-state index contributed by atoms with van der Waals surface area (Å²) in [7, 11) is 0. The van der Waals surface area contributed by atoms with E-state index in [1.807, 2.05) is 6.92 Å². The van der Waals surface area contributed by atoms with Gasteiger partial charge in [-0.25, -0.2) is 4.79 Å². The SMILES string of the molecule is CCOC(=O)c1cnn([C@H]2CC[C@](C)(C(C)=O)CC2)c1Cl. The van der Waals surface area contributed by atoms with E-state index >= 15 is 0 Å². The number of Topliss-reactive ketones (excluding diaryl/α,β-unsaturated/α-hetero) is 1. The molecule has 1 aliphatic rings. The van der Waals surface area contributed by atoms with Crippen LogP contribution >= 0.6 is 11.6 Å². The first kappa shape index (κ1) is 16.0. The minimum absolute atomic E-state index is 0.133. The topological polar surface area (TPSA) is 61.2 Å². The average molecular weight is 313 g/mol. The van der Waals surface area contributed by atoms with E-state index in [1.54, 1.807) is 18.5 Å². The fraction of sp³-hybridized carbons (Fsp3) is 0.667. The maximum absolute atomic E-state index is 11.7. The number of rotatable bonds is 4. The van der Waals surface area contributed by atoms with Crippen molar-refractivity contribution in [3.05, 3.63) is 16.9 Å². The van der Waals surface area contributed by atoms with Crippen molar-refractivity contribution >= 4 is 23.4 Å². The zero-order valence-corrected chi connectivity index (χ0v) is 13.4. The van der Waals surface area contributed by atoms with Crippen LogP contribution in [0.2, 0.25) is 5.15 Å². The third-order valence-electron chi connectivity index (χ3n) is 4.48. The lowest BCUT2D eigenvalue weighted by atomic mass is 9.71. The maximum atomic E-state index is 11.7. The van der Waals surface area contributed by atoms with Crippen molar-refractivity contribution < 1.29 is 14.3 Å². The lowest BCUT2D eigenvalue weighted by molar-refractivity contribution is -0.127. The van der Waals surface area contributed by atoms with Crippen LogP contribution in [0.25, 0.3) is 0 Å². The Hall–Kier alpha value is -1.36. The van der Waals surface area contributed by atoms with Crippen LogP contribution in [0.3, 0.4) is 0 Å². The molecule has 0 atom stereocenters. The van der Waals surface area contributed by atoms with Crippen LogP contribution in [0, 0.1) is 5.41 Å². The molecule has 0 aliphatic heterocycles. The molecule has 0 spiro atoms. The lowest BCUT2D eigenvalue weighted by Gasteiger charge is -2.35. The number of halogens is 1. The molecule has 5 nitrogen and oxygen atoms in total. The van der Waals surface area contributed by atoms with Crippen molar-refractivity contribution in [2.45, 2.75) is 52.5 Å². The smallest absolute Gasteiger partial charge is 0.342 e. The van der Waals surface area contributed by atoms with Crippen molar-refractivity contribution in [2.75, 3.05) is 6.61 Å². The Morgan fingerprint density at radius 1 is 1.48 bits per heavy atom. The zero-order chi connectivity index (χ0) is 15.6. The Kier molecular flexibility index (Phi) is 4.71. The van der Waals surface area contributed by atoms with Crippen molar-refractivity contribution in [1.82, 2.24) is 9.78 Å². The number of ether oxygens (including phenoxy) is 1. The van der Waals surface area contributed by atoms with E-state index in [0.717, 1.165) is 25.7 Å². The molecule has 1 aromatic rings. The summed E-state index contributed by atoms with van der Waals surface area (Å²) in [6.45, 7) is 5.72. The fourth-order valence-electron chi connectivity index (χ4n) is 2.78. The van der Waals surface area contributed by atoms with E-state index in [-0.39, 0.29) is 17.2 Å². The van der Waals surface area contributed by atoms with Gasteiger partial charge in [0.15, 0.2) is 0 Å². The first-order valence-corrected chi connectivity index (χ1v) is 7.68. The predicted octanol–water partition coefficient (Wildman–Crippen LogP) is 3.42. The molecule has 21 heavy (non-hydrogen) atoms. The van der Waals surface area contributed by atoms with Crippen LogP contribution in [0.5, 0.6) is 0 Å². The number of esters is 1. The maximum Gasteiger partial charge on any atom is 0.342 e. The van der Waals surface area contributed by atoms with Gasteiger partial charge in [-0.3, -0.25) is 9.48 Å². The van der Waals surface area contributed by atoms with E-state index in [0.29, 0.717) is 17.3 Å². The highest BCUT2D eigenvalue weighted by Gasteiger charge is 2.36. The van der Waals surface area contributed by atoms with E-state index in [4.69, 9.17) is 16.3 Å². The first-order chi connectivity index (χ1) is 9.89. The van der Waals surface area contributed by atoms with Crippen molar-refractivity contribution in [1.29, 1.82) is 0 Å². The Balaban J connectivity index is 2.11. The Morgan fingerprint density at radius 3 is 2.62 bits per heavy atom. The van der Waals surface area contributed by atoms with Crippen LogP contribution < -0.4 is 0 Å². The molecule has 0 aromatic carbocycles. The van der Waals surface area contributed by atoms with E-state index < -0.39 is 5.97 Å². The number of hydrogen-bond donors (Lipinski definition) is 0. The molecular weight excluding hydrogens is 292 g/mol. The van der Waals surface area contributed by atoms with Gasteiger partial charge in [0, 0.05) is 5.41 Å². The molecule has 0 radical (unpaired) electrons. The van der Waals surface area contributed by atoms with Crippen LogP contribution in [0.4, 0.5) is 0 Å². The van der Waals surface area contributed by atoms with Gasteiger partial charge in [-0.1, -0.05) is 18.5 Å². The molecule has 0 unspecified atom stereocenters. The summed E-state index contributed by atoms with van der Waals surface area (Å²) in [4.78, 5) is 23.4. The molecule has 0 amide bonds. The van der Waals surface area contributed by atoms with Crippen molar-refractivity contribution in [2.24, 2.45) is 5.41 Å². The monoisotopic (exact) mass is 312 g/mol. The molecule has 1 heterocycles. The van der Waals surface area contributed by atoms with Crippen LogP contribution in [0.15, 0.2) is 6.20 Å². The van der Waals surface area contributed by atoms with Crippen LogP contribution in [0.1, 0.15) is 62.9 Å². The molecule has 1 aromatic heterocycles. The Bertz CT molecular complexity index is 545. The third-order valence-corrected chi connectivity index (χ3v) is 4.86. The van der Waals surface area contributed by atoms with Gasteiger partial charge >= 0.3 is 5.97 Å². The second kappa shape index (κ2) is 6.18. The van der Waals surface area contributed by atoms with Gasteiger partial charge < -0.3 is 4.74 Å². The summed E-state index contributed by atoms with van der Waals surface area (Å²) in [6.07, 6.45) is 4.76. The lowest BCUT2D eigenvalue weighted by Crippen LogP contribution is -2.32. The number of carbonyl (C=O) groups excluding carboxylic acids is 2. The highest BCUT2D eigenvalue weighted by molar-refractivity contribution is 6.32. The normalized spacial score (nSPS) is 25.6. The average Bonchev–Trinajstić information content (AvgIpc) is 2.82. The molecule has 2 rings (SSSR count). The predicted molar refractivity (Wildman–Crippen MR) is 79.5 cm³/mol. The molecule has 1 saturated carbocycles. The molecule has 0 saturated heterocycles. The molecule has 1 fully saturated rings. The minimum Gasteiger partial charge on any atom is -0.462 e. The van der Waals surface area contributed by atoms with Gasteiger partial charge in [0.25, 0.3) is 0 Å². The third kappa shape index (κ3) is 3.12. The second-order valence-corrected chi connectivity index (χ2v) is 6.22. The molecule has 0 bridgehead atoms. The number of hydrogen-bond acceptors (Lipinski definition) is 4. The molecule has 116 valence electrons. The largest absolute Gasteiger partial charge is 0.462 e. The number of aromatic nitrogens is 2. The zero-order valence-electron chi connectivity index (χ0n) is 12.7. The van der Waals surface area contributed by atoms with E-state index in [1.165, 1.54) is 6.20 Å². The standard InChI is InChI=1S/C15H21ClN2O3/c1-4-21-14(20)12-9-17-18(13(12)16)11-5-7-15(3,8-6-11)10(2)19/h9,11H,4-8H2,1-3H3/t11-,15-. The van der Waals surface area contributed by atoms with Gasteiger partial charge in [0.1, 0.15) is 16.5 Å². The van der Waals surface area contributed by atoms with Gasteiger partial charge in [-0.2, -0.15) is 5.10 Å². The minimum atomic E-state index is -0.446. The van der Waals surface area contributed by atoms with Gasteiger partial charge in [0.05, 0.1) is 18.8 Å². The highest BCUT2D eigenvalue weighted by Crippen LogP contribution is 2.42. The van der Waals surface area contributed by atoms with E-state index in [9.17, 15) is 9.59 Å². The van der Waals surface area contributed by atoms with Crippen molar-refractivity contribution in [3.63, 3.8) is 0 Å². The summed E-state index contributed by atoms with van der Waals surface area (Å²) in [5, 5.41) is 4.56. The molecular formula is C15H21ClN2O3. The molecule has 1 aliphatic carbocycles. The summed E-state index contributed by atoms with van der Waals surface area (Å²) in [6, 6.07) is 0.133.